The van der Waals surface area contributed by atoms with Crippen LogP contribution in [0.4, 0.5) is 0 Å². The molecular weight excluding hydrogens is 308 g/mol. The average Bonchev–Trinajstić information content (AvgIpc) is 2.58. The number of phenolic OH excluding ortho intramolecular Hbond substituents is 1. The van der Waals surface area contributed by atoms with Crippen LogP contribution in [0.2, 0.25) is 0 Å². The van der Waals surface area contributed by atoms with Gasteiger partial charge in [-0.1, -0.05) is 18.2 Å². The highest BCUT2D eigenvalue weighted by Crippen LogP contribution is 2.20. The Kier molecular flexibility index (Phi) is 4.37. The molecule has 0 saturated carbocycles. The van der Waals surface area contributed by atoms with Gasteiger partial charge in [-0.25, -0.2) is 5.43 Å². The number of carbonyl (C=O) groups is 1. The summed E-state index contributed by atoms with van der Waals surface area (Å²) in [7, 11) is 0. The number of nitrogens with zero attached hydrogens (tertiary/aromatic N) is 1. The Balaban J connectivity index is 1.75. The summed E-state index contributed by atoms with van der Waals surface area (Å²) in [5, 5.41) is 34.8. The number of hydrogen-bond acceptors (Lipinski definition) is 5. The number of aliphatic hydroxyl groups is 2. The normalized spacial score (nSPS) is 19.6. The predicted octanol–water partition coefficient (Wildman–Crippen LogP) is 1.37. The summed E-state index contributed by atoms with van der Waals surface area (Å²) in [6.45, 7) is 0. The number of hydrogen-bond donors (Lipinski definition) is 4. The standard InChI is InChI=1S/C18H18N2O4/c21-15-7-3-6-13(17(15)23)10-19-20-18(24)14-8-11-4-1-2-5-12(11)9-16(14)22/h3-5,7-10,13,21-23H,1-2,6H2,(H,20,24). The van der Waals surface area contributed by atoms with Crippen LogP contribution in [0.15, 0.2) is 40.9 Å². The van der Waals surface area contributed by atoms with Crippen LogP contribution in [-0.2, 0) is 0 Å². The lowest BCUT2D eigenvalue weighted by Crippen LogP contribution is -2.29. The number of carbonyl (C=O) groups excluding carboxylic acids is 1. The van der Waals surface area contributed by atoms with Crippen LogP contribution in [0.5, 0.6) is 5.75 Å². The lowest BCUT2D eigenvalue weighted by Gasteiger charge is -2.13. The number of phenols is 1. The van der Waals surface area contributed by atoms with Crippen molar-refractivity contribution in [1.82, 2.24) is 5.43 Å². The highest BCUT2D eigenvalue weighted by Gasteiger charge is 2.17. The zero-order valence-electron chi connectivity index (χ0n) is 12.9. The van der Waals surface area contributed by atoms with Crippen molar-refractivity contribution < 1.29 is 20.1 Å². The van der Waals surface area contributed by atoms with E-state index in [1.54, 1.807) is 18.2 Å². The quantitative estimate of drug-likeness (QED) is 0.497. The number of rotatable bonds is 3. The van der Waals surface area contributed by atoms with E-state index in [1.807, 2.05) is 12.2 Å². The summed E-state index contributed by atoms with van der Waals surface area (Å²) in [6, 6.07) is 3.21. The van der Waals surface area contributed by atoms with E-state index in [2.05, 4.69) is 10.5 Å². The molecule has 0 fully saturated rings. The highest BCUT2D eigenvalue weighted by atomic mass is 16.3. The number of nitrogens with one attached hydrogen (secondary N) is 1. The molecule has 0 bridgehead atoms. The van der Waals surface area contributed by atoms with Gasteiger partial charge in [-0.05, 0) is 47.9 Å². The van der Waals surface area contributed by atoms with Crippen LogP contribution in [0, 0.1) is 5.92 Å². The maximum Gasteiger partial charge on any atom is 0.275 e. The molecule has 0 saturated heterocycles. The minimum Gasteiger partial charge on any atom is -0.508 e. The molecule has 1 aromatic rings. The van der Waals surface area contributed by atoms with E-state index in [1.165, 1.54) is 12.3 Å². The van der Waals surface area contributed by atoms with Gasteiger partial charge < -0.3 is 15.3 Å². The van der Waals surface area contributed by atoms with E-state index in [-0.39, 0.29) is 22.8 Å². The summed E-state index contributed by atoms with van der Waals surface area (Å²) in [5.74, 6) is -1.52. The summed E-state index contributed by atoms with van der Waals surface area (Å²) in [4.78, 5) is 12.2. The second-order valence-corrected chi connectivity index (χ2v) is 5.72. The molecule has 0 radical (unpaired) electrons. The molecule has 1 aromatic carbocycles. The lowest BCUT2D eigenvalue weighted by atomic mass is 9.99. The van der Waals surface area contributed by atoms with Crippen molar-refractivity contribution in [3.63, 3.8) is 0 Å². The van der Waals surface area contributed by atoms with E-state index >= 15 is 0 Å². The molecule has 3 rings (SSSR count). The fourth-order valence-corrected chi connectivity index (χ4v) is 2.73. The summed E-state index contributed by atoms with van der Waals surface area (Å²) in [6.07, 6.45) is 10.8. The Labute approximate surface area is 138 Å². The highest BCUT2D eigenvalue weighted by molar-refractivity contribution is 5.97. The smallest absolute Gasteiger partial charge is 0.275 e. The molecule has 4 N–H and O–H groups in total. The molecular formula is C18H18N2O4. The third kappa shape index (κ3) is 3.17. The number of fused-ring (bicyclic) bond motifs is 1. The second-order valence-electron chi connectivity index (χ2n) is 5.72. The monoisotopic (exact) mass is 326 g/mol. The van der Waals surface area contributed by atoms with Gasteiger partial charge in [0.1, 0.15) is 11.5 Å². The van der Waals surface area contributed by atoms with Crippen molar-refractivity contribution in [3.8, 4) is 5.75 Å². The zero-order chi connectivity index (χ0) is 17.1. The number of benzene rings is 1. The molecule has 6 nitrogen and oxygen atoms in total. The van der Waals surface area contributed by atoms with Crippen LogP contribution in [0.1, 0.15) is 29.6 Å². The van der Waals surface area contributed by atoms with Crippen LogP contribution < -0.4 is 15.9 Å². The fraction of sp³-hybridized carbons (Fsp3) is 0.222. The molecule has 1 amide bonds. The van der Waals surface area contributed by atoms with Crippen LogP contribution in [-0.4, -0.2) is 27.4 Å². The van der Waals surface area contributed by atoms with E-state index in [0.717, 1.165) is 23.3 Å². The minimum absolute atomic E-state index is 0.103. The fourth-order valence-electron chi connectivity index (χ4n) is 2.73. The van der Waals surface area contributed by atoms with E-state index in [0.29, 0.717) is 6.42 Å². The summed E-state index contributed by atoms with van der Waals surface area (Å²) in [5.41, 5.74) is 2.48. The zero-order valence-corrected chi connectivity index (χ0v) is 12.9. The van der Waals surface area contributed by atoms with Crippen molar-refractivity contribution >= 4 is 24.3 Å². The Bertz CT molecular complexity index is 881. The Morgan fingerprint density at radius 2 is 1.88 bits per heavy atom. The largest absolute Gasteiger partial charge is 0.508 e. The van der Waals surface area contributed by atoms with E-state index < -0.39 is 11.8 Å². The van der Waals surface area contributed by atoms with E-state index in [9.17, 15) is 20.1 Å². The predicted molar refractivity (Wildman–Crippen MR) is 91.0 cm³/mol. The number of aromatic hydroxyl groups is 1. The summed E-state index contributed by atoms with van der Waals surface area (Å²) < 4.78 is 0. The number of allylic oxidation sites excluding steroid dienone is 3. The molecule has 1 unspecified atom stereocenters. The van der Waals surface area contributed by atoms with Crippen LogP contribution in [0.25, 0.3) is 12.2 Å². The van der Waals surface area contributed by atoms with Crippen molar-refractivity contribution in [2.75, 3.05) is 0 Å². The molecule has 2 aliphatic rings. The van der Waals surface area contributed by atoms with Gasteiger partial charge in [0.05, 0.1) is 11.5 Å². The van der Waals surface area contributed by atoms with Gasteiger partial charge in [-0.15, -0.1) is 0 Å². The van der Waals surface area contributed by atoms with Gasteiger partial charge in [-0.2, -0.15) is 5.10 Å². The van der Waals surface area contributed by atoms with Gasteiger partial charge >= 0.3 is 0 Å². The number of aliphatic hydroxyl groups excluding tert-OH is 2. The maximum absolute atomic E-state index is 12.2. The SMILES string of the molecule is O=C(NN=CC1CC=CC(O)=C1O)c1cc2c(cc1O)=CCCC=2. The molecule has 0 aromatic heterocycles. The van der Waals surface area contributed by atoms with Crippen LogP contribution >= 0.6 is 0 Å². The number of hydrazone groups is 1. The van der Waals surface area contributed by atoms with Crippen molar-refractivity contribution in [2.45, 2.75) is 19.3 Å². The molecule has 1 atom stereocenters. The third-order valence-electron chi connectivity index (χ3n) is 4.04. The van der Waals surface area contributed by atoms with Gasteiger partial charge in [0.2, 0.25) is 0 Å². The summed E-state index contributed by atoms with van der Waals surface area (Å²) >= 11 is 0. The number of amides is 1. The topological polar surface area (TPSA) is 102 Å². The minimum atomic E-state index is -0.537. The van der Waals surface area contributed by atoms with Gasteiger partial charge in [0.25, 0.3) is 5.91 Å². The molecule has 6 heteroatoms. The van der Waals surface area contributed by atoms with E-state index in [4.69, 9.17) is 0 Å². The van der Waals surface area contributed by atoms with Crippen molar-refractivity contribution in [1.29, 1.82) is 0 Å². The average molecular weight is 326 g/mol. The van der Waals surface area contributed by atoms with Gasteiger partial charge in [0.15, 0.2) is 5.76 Å². The molecule has 0 aliphatic heterocycles. The maximum atomic E-state index is 12.2. The van der Waals surface area contributed by atoms with Crippen molar-refractivity contribution in [2.24, 2.45) is 11.0 Å². The Morgan fingerprint density at radius 1 is 1.17 bits per heavy atom. The molecule has 0 heterocycles. The second kappa shape index (κ2) is 6.62. The molecule has 0 spiro atoms. The van der Waals surface area contributed by atoms with Gasteiger partial charge in [-0.3, -0.25) is 4.79 Å². The third-order valence-corrected chi connectivity index (χ3v) is 4.04. The Morgan fingerprint density at radius 3 is 2.62 bits per heavy atom. The van der Waals surface area contributed by atoms with Crippen LogP contribution in [0.3, 0.4) is 0 Å². The first kappa shape index (κ1) is 15.9. The van der Waals surface area contributed by atoms with Gasteiger partial charge in [0, 0.05) is 6.21 Å². The molecule has 24 heavy (non-hydrogen) atoms. The first-order valence-corrected chi connectivity index (χ1v) is 7.72. The van der Waals surface area contributed by atoms with Crippen molar-refractivity contribution in [3.05, 3.63) is 51.8 Å². The first-order valence-electron chi connectivity index (χ1n) is 7.72. The molecule has 2 aliphatic carbocycles. The molecule has 124 valence electrons. The Hall–Kier alpha value is -3.02. The lowest BCUT2D eigenvalue weighted by molar-refractivity contribution is 0.0952. The first-order chi connectivity index (χ1) is 11.6.